The van der Waals surface area contributed by atoms with E-state index in [0.717, 1.165) is 11.6 Å². The van der Waals surface area contributed by atoms with Gasteiger partial charge in [-0.15, -0.1) is 0 Å². The van der Waals surface area contributed by atoms with E-state index in [0.29, 0.717) is 6.61 Å². The summed E-state index contributed by atoms with van der Waals surface area (Å²) in [6.07, 6.45) is 2.04. The van der Waals surface area contributed by atoms with Crippen molar-refractivity contribution in [3.63, 3.8) is 0 Å². The number of rotatable bonds is 1. The van der Waals surface area contributed by atoms with Gasteiger partial charge in [-0.2, -0.15) is 0 Å². The van der Waals surface area contributed by atoms with E-state index in [1.165, 1.54) is 5.56 Å². The van der Waals surface area contributed by atoms with Crippen LogP contribution in [0.2, 0.25) is 0 Å². The summed E-state index contributed by atoms with van der Waals surface area (Å²) in [5.74, 6) is 0.752. The Kier molecular flexibility index (Phi) is 2.13. The maximum atomic E-state index is 5.22. The number of aliphatic imine (C=N–C) groups is 1. The lowest BCUT2D eigenvalue weighted by Gasteiger charge is -1.93. The highest BCUT2D eigenvalue weighted by Gasteiger charge is 2.06. The number of ether oxygens (including phenoxy) is 1. The summed E-state index contributed by atoms with van der Waals surface area (Å²) in [6.45, 7) is 2.46. The van der Waals surface area contributed by atoms with Crippen LogP contribution in [0.4, 0.5) is 0 Å². The van der Waals surface area contributed by atoms with Gasteiger partial charge < -0.3 is 4.74 Å². The third-order valence-electron chi connectivity index (χ3n) is 1.86. The van der Waals surface area contributed by atoms with Crippen LogP contribution in [0.15, 0.2) is 41.0 Å². The molecular formula is C11H11NO. The first-order valence-corrected chi connectivity index (χ1v) is 4.28. The van der Waals surface area contributed by atoms with E-state index in [-0.39, 0.29) is 0 Å². The topological polar surface area (TPSA) is 21.6 Å². The Balaban J connectivity index is 2.22. The van der Waals surface area contributed by atoms with Gasteiger partial charge in [0.25, 0.3) is 0 Å². The Labute approximate surface area is 77.6 Å². The third kappa shape index (κ3) is 1.96. The smallest absolute Gasteiger partial charge is 0.185 e. The Morgan fingerprint density at radius 3 is 2.69 bits per heavy atom. The standard InChI is InChI=1S/C11H11NO/c1-9-12-11(8-13-9)7-10-5-3-2-4-6-10/h2-7H,8H2,1H3/b11-7-. The Morgan fingerprint density at radius 2 is 2.08 bits per heavy atom. The van der Waals surface area contributed by atoms with Crippen LogP contribution in [-0.2, 0) is 4.74 Å². The highest BCUT2D eigenvalue weighted by atomic mass is 16.5. The molecule has 2 rings (SSSR count). The largest absolute Gasteiger partial charge is 0.474 e. The zero-order chi connectivity index (χ0) is 9.10. The predicted molar refractivity (Wildman–Crippen MR) is 53.5 cm³/mol. The summed E-state index contributed by atoms with van der Waals surface area (Å²) >= 11 is 0. The molecule has 0 amide bonds. The highest BCUT2D eigenvalue weighted by Crippen LogP contribution is 2.12. The van der Waals surface area contributed by atoms with Crippen LogP contribution < -0.4 is 0 Å². The summed E-state index contributed by atoms with van der Waals surface area (Å²) in [6, 6.07) is 10.1. The highest BCUT2D eigenvalue weighted by molar-refractivity contribution is 5.78. The van der Waals surface area contributed by atoms with Gasteiger partial charge in [0.15, 0.2) is 5.90 Å². The second-order valence-corrected chi connectivity index (χ2v) is 2.97. The van der Waals surface area contributed by atoms with E-state index in [1.807, 2.05) is 31.2 Å². The molecule has 1 aromatic rings. The molecule has 0 N–H and O–H groups in total. The average molecular weight is 173 g/mol. The molecule has 0 aromatic heterocycles. The molecule has 0 saturated carbocycles. The molecule has 0 fully saturated rings. The van der Waals surface area contributed by atoms with Crippen LogP contribution in [-0.4, -0.2) is 12.5 Å². The molecule has 1 aliphatic rings. The Hall–Kier alpha value is -1.57. The lowest BCUT2D eigenvalue weighted by atomic mass is 10.2. The van der Waals surface area contributed by atoms with Gasteiger partial charge in [0, 0.05) is 6.92 Å². The average Bonchev–Trinajstić information content (AvgIpc) is 2.53. The number of hydrogen-bond acceptors (Lipinski definition) is 2. The van der Waals surface area contributed by atoms with Crippen LogP contribution in [0.25, 0.3) is 6.08 Å². The molecule has 2 nitrogen and oxygen atoms in total. The maximum absolute atomic E-state index is 5.22. The van der Waals surface area contributed by atoms with E-state index in [2.05, 4.69) is 17.1 Å². The molecule has 0 aliphatic carbocycles. The van der Waals surface area contributed by atoms with Crippen molar-refractivity contribution in [2.24, 2.45) is 4.99 Å². The summed E-state index contributed by atoms with van der Waals surface area (Å²) in [7, 11) is 0. The molecule has 0 bridgehead atoms. The number of hydrogen-bond donors (Lipinski definition) is 0. The summed E-state index contributed by atoms with van der Waals surface area (Å²) < 4.78 is 5.22. The zero-order valence-electron chi connectivity index (χ0n) is 7.53. The van der Waals surface area contributed by atoms with Crippen molar-refractivity contribution in [2.45, 2.75) is 6.92 Å². The van der Waals surface area contributed by atoms with Crippen molar-refractivity contribution in [2.75, 3.05) is 6.61 Å². The predicted octanol–water partition coefficient (Wildman–Crippen LogP) is 2.48. The molecule has 1 aliphatic heterocycles. The van der Waals surface area contributed by atoms with E-state index < -0.39 is 0 Å². The second kappa shape index (κ2) is 3.44. The van der Waals surface area contributed by atoms with Crippen molar-refractivity contribution in [1.82, 2.24) is 0 Å². The minimum atomic E-state index is 0.598. The van der Waals surface area contributed by atoms with Gasteiger partial charge in [0.2, 0.25) is 0 Å². The maximum Gasteiger partial charge on any atom is 0.185 e. The van der Waals surface area contributed by atoms with E-state index in [9.17, 15) is 0 Å². The van der Waals surface area contributed by atoms with Crippen LogP contribution in [0.1, 0.15) is 12.5 Å². The van der Waals surface area contributed by atoms with Crippen molar-refractivity contribution in [3.05, 3.63) is 41.6 Å². The minimum absolute atomic E-state index is 0.598. The fourth-order valence-electron chi connectivity index (χ4n) is 1.26. The normalized spacial score (nSPS) is 18.5. The van der Waals surface area contributed by atoms with Crippen molar-refractivity contribution in [3.8, 4) is 0 Å². The summed E-state index contributed by atoms with van der Waals surface area (Å²) in [5.41, 5.74) is 2.16. The SMILES string of the molecule is CC1=N/C(=C\c2ccccc2)CO1. The number of nitrogens with zero attached hydrogens (tertiary/aromatic N) is 1. The quantitative estimate of drug-likeness (QED) is 0.639. The zero-order valence-corrected chi connectivity index (χ0v) is 7.53. The van der Waals surface area contributed by atoms with Crippen LogP contribution in [0, 0.1) is 0 Å². The first-order chi connectivity index (χ1) is 6.34. The van der Waals surface area contributed by atoms with Gasteiger partial charge in [-0.1, -0.05) is 30.3 Å². The monoisotopic (exact) mass is 173 g/mol. The van der Waals surface area contributed by atoms with E-state index in [4.69, 9.17) is 4.74 Å². The summed E-state index contributed by atoms with van der Waals surface area (Å²) in [4.78, 5) is 4.24. The van der Waals surface area contributed by atoms with E-state index in [1.54, 1.807) is 0 Å². The Morgan fingerprint density at radius 1 is 1.31 bits per heavy atom. The molecule has 0 radical (unpaired) electrons. The number of benzene rings is 1. The lowest BCUT2D eigenvalue weighted by molar-refractivity contribution is 0.361. The molecule has 0 saturated heterocycles. The lowest BCUT2D eigenvalue weighted by Crippen LogP contribution is -1.89. The van der Waals surface area contributed by atoms with Crippen LogP contribution >= 0.6 is 0 Å². The van der Waals surface area contributed by atoms with Crippen molar-refractivity contribution in [1.29, 1.82) is 0 Å². The molecule has 1 heterocycles. The third-order valence-corrected chi connectivity index (χ3v) is 1.86. The van der Waals surface area contributed by atoms with Gasteiger partial charge in [0.1, 0.15) is 6.61 Å². The van der Waals surface area contributed by atoms with Gasteiger partial charge in [0.05, 0.1) is 5.70 Å². The molecule has 2 heteroatoms. The van der Waals surface area contributed by atoms with Crippen molar-refractivity contribution < 1.29 is 4.74 Å². The first kappa shape index (κ1) is 8.05. The molecule has 0 atom stereocenters. The van der Waals surface area contributed by atoms with Crippen LogP contribution in [0.3, 0.4) is 0 Å². The van der Waals surface area contributed by atoms with Gasteiger partial charge in [-0.05, 0) is 11.6 Å². The second-order valence-electron chi connectivity index (χ2n) is 2.97. The molecule has 13 heavy (non-hydrogen) atoms. The molecule has 0 spiro atoms. The fourth-order valence-corrected chi connectivity index (χ4v) is 1.26. The van der Waals surface area contributed by atoms with E-state index >= 15 is 0 Å². The molecule has 1 aromatic carbocycles. The molecule has 66 valence electrons. The first-order valence-electron chi connectivity index (χ1n) is 4.28. The molecular weight excluding hydrogens is 162 g/mol. The van der Waals surface area contributed by atoms with Gasteiger partial charge in [-0.25, -0.2) is 4.99 Å². The van der Waals surface area contributed by atoms with Crippen molar-refractivity contribution >= 4 is 12.0 Å². The minimum Gasteiger partial charge on any atom is -0.474 e. The van der Waals surface area contributed by atoms with Crippen LogP contribution in [0.5, 0.6) is 0 Å². The van der Waals surface area contributed by atoms with Gasteiger partial charge >= 0.3 is 0 Å². The van der Waals surface area contributed by atoms with Gasteiger partial charge in [-0.3, -0.25) is 0 Å². The Bertz CT molecular complexity index is 352. The fraction of sp³-hybridized carbons (Fsp3) is 0.182. The summed E-state index contributed by atoms with van der Waals surface area (Å²) in [5, 5.41) is 0. The molecule has 0 unspecified atom stereocenters.